The van der Waals surface area contributed by atoms with E-state index in [9.17, 15) is 4.79 Å². The van der Waals surface area contributed by atoms with Crippen LogP contribution in [0.5, 0.6) is 0 Å². The maximum atomic E-state index is 11.4. The number of nitrogens with zero attached hydrogens (tertiary/aromatic N) is 1. The van der Waals surface area contributed by atoms with Crippen LogP contribution in [0, 0.1) is 0 Å². The third-order valence-electron chi connectivity index (χ3n) is 6.07. The lowest BCUT2D eigenvalue weighted by Gasteiger charge is -2.35. The monoisotopic (exact) mass is 377 g/mol. The number of ketones is 1. The van der Waals surface area contributed by atoms with E-state index >= 15 is 0 Å². The van der Waals surface area contributed by atoms with Gasteiger partial charge >= 0.3 is 0 Å². The second-order valence-electron chi connectivity index (χ2n) is 8.29. The van der Waals surface area contributed by atoms with E-state index in [1.54, 1.807) is 18.1 Å². The first-order chi connectivity index (χ1) is 13.6. The molecule has 2 aromatic rings. The van der Waals surface area contributed by atoms with Crippen molar-refractivity contribution in [1.82, 2.24) is 4.90 Å². The Balaban J connectivity index is 1.60. The van der Waals surface area contributed by atoms with Crippen LogP contribution in [0.25, 0.3) is 0 Å². The van der Waals surface area contributed by atoms with Crippen molar-refractivity contribution in [3.63, 3.8) is 0 Å². The van der Waals surface area contributed by atoms with Crippen molar-refractivity contribution >= 4 is 5.78 Å². The third-order valence-corrected chi connectivity index (χ3v) is 6.07. The van der Waals surface area contributed by atoms with Gasteiger partial charge in [0.1, 0.15) is 0 Å². The molecule has 0 spiro atoms. The zero-order valence-electron chi connectivity index (χ0n) is 17.8. The Morgan fingerprint density at radius 1 is 0.929 bits per heavy atom. The van der Waals surface area contributed by atoms with Crippen LogP contribution in [0.1, 0.15) is 72.6 Å². The van der Waals surface area contributed by atoms with Gasteiger partial charge in [-0.1, -0.05) is 56.3 Å². The van der Waals surface area contributed by atoms with E-state index in [4.69, 9.17) is 0 Å². The molecule has 0 bridgehead atoms. The molecule has 0 radical (unpaired) electrons. The molecule has 28 heavy (non-hydrogen) atoms. The highest BCUT2D eigenvalue weighted by Crippen LogP contribution is 2.26. The summed E-state index contributed by atoms with van der Waals surface area (Å²) in [6, 6.07) is 16.0. The first-order valence-electron chi connectivity index (χ1n) is 11.0. The van der Waals surface area contributed by atoms with Gasteiger partial charge in [-0.05, 0) is 87.2 Å². The topological polar surface area (TPSA) is 20.3 Å². The largest absolute Gasteiger partial charge is 0.300 e. The lowest BCUT2D eigenvalue weighted by molar-refractivity contribution is 0.101. The fraction of sp³-hybridized carbons (Fsp3) is 0.500. The molecule has 0 saturated carbocycles. The zero-order valence-corrected chi connectivity index (χ0v) is 17.8. The molecule has 0 unspecified atom stereocenters. The average Bonchev–Trinajstić information content (AvgIpc) is 2.72. The number of aryl methyl sites for hydroxylation is 3. The van der Waals surface area contributed by atoms with Gasteiger partial charge in [0, 0.05) is 11.6 Å². The number of carbonyl (C=O) groups is 1. The van der Waals surface area contributed by atoms with Crippen molar-refractivity contribution in [3.8, 4) is 0 Å². The minimum absolute atomic E-state index is 0.135. The maximum absolute atomic E-state index is 11.4. The molecule has 2 heteroatoms. The van der Waals surface area contributed by atoms with Crippen molar-refractivity contribution in [2.75, 3.05) is 13.1 Å². The SMILES string of the molecule is CCCN(CCC)[C@@H]1CCc2cc(CCc3ccc(C(C)=O)cc3)ccc2C1. The average molecular weight is 378 g/mol. The van der Waals surface area contributed by atoms with Crippen LogP contribution in [0.3, 0.4) is 0 Å². The molecule has 3 rings (SSSR count). The number of hydrogen-bond donors (Lipinski definition) is 0. The van der Waals surface area contributed by atoms with Gasteiger partial charge in [-0.2, -0.15) is 0 Å². The first kappa shape index (κ1) is 20.8. The van der Waals surface area contributed by atoms with E-state index in [1.165, 1.54) is 56.3 Å². The van der Waals surface area contributed by atoms with Crippen LogP contribution >= 0.6 is 0 Å². The molecule has 0 N–H and O–H groups in total. The van der Waals surface area contributed by atoms with Gasteiger partial charge in [0.25, 0.3) is 0 Å². The molecule has 0 aliphatic heterocycles. The summed E-state index contributed by atoms with van der Waals surface area (Å²) in [5, 5.41) is 0. The quantitative estimate of drug-likeness (QED) is 0.526. The van der Waals surface area contributed by atoms with Crippen LogP contribution in [-0.4, -0.2) is 29.8 Å². The molecule has 0 heterocycles. The summed E-state index contributed by atoms with van der Waals surface area (Å²) in [5.41, 5.74) is 6.66. The van der Waals surface area contributed by atoms with Gasteiger partial charge < -0.3 is 4.90 Å². The molecular weight excluding hydrogens is 342 g/mol. The zero-order chi connectivity index (χ0) is 19.9. The van der Waals surface area contributed by atoms with Gasteiger partial charge in [-0.3, -0.25) is 4.79 Å². The lowest BCUT2D eigenvalue weighted by atomic mass is 9.85. The Kier molecular flexibility index (Phi) is 7.44. The fourth-order valence-corrected chi connectivity index (χ4v) is 4.50. The number of fused-ring (bicyclic) bond motifs is 1. The molecule has 150 valence electrons. The third kappa shape index (κ3) is 5.32. The summed E-state index contributed by atoms with van der Waals surface area (Å²) in [5.74, 6) is 0.135. The molecule has 1 atom stereocenters. The van der Waals surface area contributed by atoms with E-state index in [0.717, 1.165) is 24.4 Å². The predicted molar refractivity (Wildman–Crippen MR) is 118 cm³/mol. The molecular formula is C26H35NO. The highest BCUT2D eigenvalue weighted by atomic mass is 16.1. The van der Waals surface area contributed by atoms with E-state index in [0.29, 0.717) is 0 Å². The van der Waals surface area contributed by atoms with Crippen molar-refractivity contribution in [3.05, 3.63) is 70.3 Å². The van der Waals surface area contributed by atoms with Crippen LogP contribution in [-0.2, 0) is 25.7 Å². The van der Waals surface area contributed by atoms with Crippen LogP contribution in [0.2, 0.25) is 0 Å². The Morgan fingerprint density at radius 3 is 2.21 bits per heavy atom. The molecule has 1 aliphatic rings. The molecule has 2 aromatic carbocycles. The minimum atomic E-state index is 0.135. The molecule has 1 aliphatic carbocycles. The molecule has 0 saturated heterocycles. The minimum Gasteiger partial charge on any atom is -0.300 e. The number of Topliss-reactive ketones (excluding diaryl/α,β-unsaturated/α-hetero) is 1. The smallest absolute Gasteiger partial charge is 0.159 e. The number of rotatable bonds is 9. The summed E-state index contributed by atoms with van der Waals surface area (Å²) in [4.78, 5) is 14.1. The Bertz CT molecular complexity index is 772. The predicted octanol–water partition coefficient (Wildman–Crippen LogP) is 5.65. The van der Waals surface area contributed by atoms with Crippen molar-refractivity contribution < 1.29 is 4.79 Å². The van der Waals surface area contributed by atoms with E-state index in [2.05, 4.69) is 49.1 Å². The number of hydrogen-bond acceptors (Lipinski definition) is 2. The Labute approximate surface area is 171 Å². The Hall–Kier alpha value is -1.93. The number of carbonyl (C=O) groups excluding carboxylic acids is 1. The van der Waals surface area contributed by atoms with Gasteiger partial charge in [0.15, 0.2) is 5.78 Å². The summed E-state index contributed by atoms with van der Waals surface area (Å²) in [6.45, 7) is 8.66. The molecule has 2 nitrogen and oxygen atoms in total. The van der Waals surface area contributed by atoms with E-state index < -0.39 is 0 Å². The molecule has 0 amide bonds. The molecule has 0 fully saturated rings. The van der Waals surface area contributed by atoms with Crippen LogP contribution in [0.4, 0.5) is 0 Å². The summed E-state index contributed by atoms with van der Waals surface area (Å²) >= 11 is 0. The van der Waals surface area contributed by atoms with Crippen molar-refractivity contribution in [1.29, 1.82) is 0 Å². The summed E-state index contributed by atoms with van der Waals surface area (Å²) in [7, 11) is 0. The highest BCUT2D eigenvalue weighted by molar-refractivity contribution is 5.94. The second-order valence-corrected chi connectivity index (χ2v) is 8.29. The van der Waals surface area contributed by atoms with Crippen LogP contribution in [0.15, 0.2) is 42.5 Å². The lowest BCUT2D eigenvalue weighted by Crippen LogP contribution is -2.40. The standard InChI is InChI=1S/C26H35NO/c1-4-16-27(17-5-2)26-15-14-24-18-22(10-13-25(24)19-26)7-6-21-8-11-23(12-9-21)20(3)28/h8-13,18,26H,4-7,14-17,19H2,1-3H3/t26-/m1/s1. The first-order valence-corrected chi connectivity index (χ1v) is 11.0. The summed E-state index contributed by atoms with van der Waals surface area (Å²) < 4.78 is 0. The van der Waals surface area contributed by atoms with Gasteiger partial charge in [0.05, 0.1) is 0 Å². The van der Waals surface area contributed by atoms with E-state index in [1.807, 2.05) is 12.1 Å². The van der Waals surface area contributed by atoms with Crippen LogP contribution < -0.4 is 0 Å². The van der Waals surface area contributed by atoms with Crippen molar-refractivity contribution in [2.45, 2.75) is 71.8 Å². The Morgan fingerprint density at radius 2 is 1.57 bits per heavy atom. The maximum Gasteiger partial charge on any atom is 0.159 e. The van der Waals surface area contributed by atoms with E-state index in [-0.39, 0.29) is 5.78 Å². The van der Waals surface area contributed by atoms with Crippen molar-refractivity contribution in [2.24, 2.45) is 0 Å². The fourth-order valence-electron chi connectivity index (χ4n) is 4.50. The summed E-state index contributed by atoms with van der Waals surface area (Å²) in [6.07, 6.45) is 8.30. The molecule has 0 aromatic heterocycles. The number of benzene rings is 2. The normalized spacial score (nSPS) is 16.2. The highest BCUT2D eigenvalue weighted by Gasteiger charge is 2.23. The van der Waals surface area contributed by atoms with Gasteiger partial charge in [-0.25, -0.2) is 0 Å². The van der Waals surface area contributed by atoms with Gasteiger partial charge in [-0.15, -0.1) is 0 Å². The van der Waals surface area contributed by atoms with Gasteiger partial charge in [0.2, 0.25) is 0 Å². The second kappa shape index (κ2) is 10.0.